The molecule has 0 atom stereocenters. The molecule has 0 spiro atoms. The lowest BCUT2D eigenvalue weighted by Gasteiger charge is -2.19. The number of benzene rings is 1. The summed E-state index contributed by atoms with van der Waals surface area (Å²) in [4.78, 5) is 21.6. The number of nitrogens with zero attached hydrogens (tertiary/aromatic N) is 3. The highest BCUT2D eigenvalue weighted by atomic mass is 32.2. The number of alkyl halides is 3. The van der Waals surface area contributed by atoms with Crippen LogP contribution < -0.4 is 4.90 Å². The zero-order chi connectivity index (χ0) is 24.8. The monoisotopic (exact) mass is 497 g/mol. The lowest BCUT2D eigenvalue weighted by Crippen LogP contribution is -2.31. The van der Waals surface area contributed by atoms with Crippen molar-refractivity contribution in [1.82, 2.24) is 9.97 Å². The van der Waals surface area contributed by atoms with Crippen molar-refractivity contribution >= 4 is 21.4 Å². The molecular formula is C22H16F5N3O3S. The molecule has 1 aromatic carbocycles. The van der Waals surface area contributed by atoms with E-state index in [0.717, 1.165) is 35.4 Å². The van der Waals surface area contributed by atoms with Crippen LogP contribution in [0.5, 0.6) is 0 Å². The molecule has 4 rings (SSSR count). The molecule has 6 nitrogen and oxygen atoms in total. The molecule has 0 unspecified atom stereocenters. The third-order valence-corrected chi connectivity index (χ3v) is 7.15. The minimum absolute atomic E-state index is 0.0132. The smallest absolute Gasteiger partial charge is 0.305 e. The van der Waals surface area contributed by atoms with Crippen LogP contribution in [0.2, 0.25) is 0 Å². The van der Waals surface area contributed by atoms with Gasteiger partial charge in [-0.1, -0.05) is 13.0 Å². The Bertz CT molecular complexity index is 1410. The molecule has 3 heterocycles. The van der Waals surface area contributed by atoms with Gasteiger partial charge in [0, 0.05) is 30.9 Å². The van der Waals surface area contributed by atoms with Gasteiger partial charge in [0.1, 0.15) is 5.69 Å². The van der Waals surface area contributed by atoms with E-state index in [0.29, 0.717) is 6.20 Å². The fourth-order valence-corrected chi connectivity index (χ4v) is 4.62. The zero-order valence-corrected chi connectivity index (χ0v) is 18.3. The number of hydrogen-bond donors (Lipinski definition) is 0. The van der Waals surface area contributed by atoms with Crippen LogP contribution in [0.1, 0.15) is 28.7 Å². The molecule has 1 aliphatic rings. The van der Waals surface area contributed by atoms with Gasteiger partial charge in [0.15, 0.2) is 21.5 Å². The van der Waals surface area contributed by atoms with Crippen molar-refractivity contribution in [2.24, 2.45) is 0 Å². The topological polar surface area (TPSA) is 80.2 Å². The second-order valence-electron chi connectivity index (χ2n) is 7.50. The van der Waals surface area contributed by atoms with E-state index in [9.17, 15) is 35.2 Å². The van der Waals surface area contributed by atoms with Gasteiger partial charge in [0.2, 0.25) is 0 Å². The number of pyridine rings is 2. The maximum absolute atomic E-state index is 13.7. The number of halogens is 5. The van der Waals surface area contributed by atoms with Gasteiger partial charge in [-0.2, -0.15) is 13.2 Å². The van der Waals surface area contributed by atoms with Crippen molar-refractivity contribution in [3.8, 4) is 11.1 Å². The highest BCUT2D eigenvalue weighted by Crippen LogP contribution is 2.36. The Morgan fingerprint density at radius 2 is 1.76 bits per heavy atom. The summed E-state index contributed by atoms with van der Waals surface area (Å²) in [6.45, 7) is 1.33. The lowest BCUT2D eigenvalue weighted by atomic mass is 10.1. The molecule has 178 valence electrons. The molecule has 0 bridgehead atoms. The molecule has 3 aromatic rings. The van der Waals surface area contributed by atoms with Crippen LogP contribution in [0.15, 0.2) is 47.6 Å². The Balaban J connectivity index is 1.81. The summed E-state index contributed by atoms with van der Waals surface area (Å²) < 4.78 is 91.9. The number of anilines is 1. The summed E-state index contributed by atoms with van der Waals surface area (Å²) in [5.41, 5.74) is -1.10. The SMILES string of the molecule is CCS(=O)(=O)c1cc(-c2ccc(F)c(F)c2)cnc1C(=O)N1CCc2ncc(C(F)(F)F)cc21. The minimum Gasteiger partial charge on any atom is -0.305 e. The summed E-state index contributed by atoms with van der Waals surface area (Å²) in [5.74, 6) is -3.56. The van der Waals surface area contributed by atoms with Crippen LogP contribution in [0, 0.1) is 11.6 Å². The normalized spacial score (nSPS) is 13.8. The maximum Gasteiger partial charge on any atom is 0.417 e. The Kier molecular flexibility index (Phi) is 5.88. The summed E-state index contributed by atoms with van der Waals surface area (Å²) >= 11 is 0. The van der Waals surface area contributed by atoms with Crippen LogP contribution in [0.4, 0.5) is 27.6 Å². The molecule has 34 heavy (non-hydrogen) atoms. The highest BCUT2D eigenvalue weighted by Gasteiger charge is 2.36. The number of carbonyl (C=O) groups is 1. The summed E-state index contributed by atoms with van der Waals surface area (Å²) in [6.07, 6.45) is -2.70. The van der Waals surface area contributed by atoms with Gasteiger partial charge >= 0.3 is 6.18 Å². The average Bonchev–Trinajstić information content (AvgIpc) is 3.23. The average molecular weight is 497 g/mol. The quantitative estimate of drug-likeness (QED) is 0.498. The van der Waals surface area contributed by atoms with Gasteiger partial charge in [-0.25, -0.2) is 22.2 Å². The molecule has 0 saturated carbocycles. The predicted octanol–water partition coefficient (Wildman–Crippen LogP) is 4.44. The first-order valence-electron chi connectivity index (χ1n) is 9.98. The van der Waals surface area contributed by atoms with Crippen LogP contribution >= 0.6 is 0 Å². The van der Waals surface area contributed by atoms with Crippen LogP contribution in [0.25, 0.3) is 11.1 Å². The summed E-state index contributed by atoms with van der Waals surface area (Å²) in [5, 5.41) is 0. The number of fused-ring (bicyclic) bond motifs is 1. The number of carbonyl (C=O) groups excluding carboxylic acids is 1. The predicted molar refractivity (Wildman–Crippen MR) is 112 cm³/mol. The maximum atomic E-state index is 13.7. The molecule has 1 amide bonds. The van der Waals surface area contributed by atoms with E-state index in [1.807, 2.05) is 0 Å². The van der Waals surface area contributed by atoms with Crippen molar-refractivity contribution in [3.05, 3.63) is 71.3 Å². The summed E-state index contributed by atoms with van der Waals surface area (Å²) in [7, 11) is -4.03. The first-order chi connectivity index (χ1) is 15.9. The minimum atomic E-state index is -4.68. The molecule has 0 saturated heterocycles. The second kappa shape index (κ2) is 8.42. The van der Waals surface area contributed by atoms with Crippen LogP contribution in [-0.4, -0.2) is 36.6 Å². The van der Waals surface area contributed by atoms with E-state index in [1.165, 1.54) is 13.0 Å². The lowest BCUT2D eigenvalue weighted by molar-refractivity contribution is -0.137. The van der Waals surface area contributed by atoms with E-state index in [1.54, 1.807) is 0 Å². The fourth-order valence-electron chi connectivity index (χ4n) is 3.57. The fraction of sp³-hybridized carbons (Fsp3) is 0.227. The van der Waals surface area contributed by atoms with Crippen molar-refractivity contribution in [2.45, 2.75) is 24.4 Å². The van der Waals surface area contributed by atoms with Crippen LogP contribution in [-0.2, 0) is 22.4 Å². The molecule has 1 aliphatic heterocycles. The highest BCUT2D eigenvalue weighted by molar-refractivity contribution is 7.91. The zero-order valence-electron chi connectivity index (χ0n) is 17.5. The molecule has 0 aliphatic carbocycles. The van der Waals surface area contributed by atoms with E-state index in [2.05, 4.69) is 9.97 Å². The van der Waals surface area contributed by atoms with E-state index in [4.69, 9.17) is 0 Å². The second-order valence-corrected chi connectivity index (χ2v) is 9.74. The van der Waals surface area contributed by atoms with Gasteiger partial charge in [0.05, 0.1) is 27.6 Å². The Morgan fingerprint density at radius 3 is 2.41 bits per heavy atom. The van der Waals surface area contributed by atoms with Crippen LogP contribution in [0.3, 0.4) is 0 Å². The molecule has 2 aromatic heterocycles. The van der Waals surface area contributed by atoms with Gasteiger partial charge in [-0.3, -0.25) is 9.78 Å². The van der Waals surface area contributed by atoms with Crippen molar-refractivity contribution in [1.29, 1.82) is 0 Å². The number of aromatic nitrogens is 2. The number of amides is 1. The molecule has 12 heteroatoms. The third kappa shape index (κ3) is 4.25. The van der Waals surface area contributed by atoms with Crippen molar-refractivity contribution in [2.75, 3.05) is 17.2 Å². The van der Waals surface area contributed by atoms with E-state index < -0.39 is 55.5 Å². The standard InChI is InChI=1S/C22H16F5N3O3S/c1-2-34(32,33)19-8-13(12-3-4-15(23)16(24)7-12)10-29-20(19)21(31)30-6-5-17-18(30)9-14(11-28-17)22(25,26)27/h3-4,7-11H,2,5-6H2,1H3. The largest absolute Gasteiger partial charge is 0.417 e. The number of hydrogen-bond acceptors (Lipinski definition) is 5. The number of sulfone groups is 1. The van der Waals surface area contributed by atoms with Gasteiger partial charge in [-0.05, 0) is 29.8 Å². The first kappa shape index (κ1) is 23.7. The van der Waals surface area contributed by atoms with E-state index in [-0.39, 0.29) is 35.5 Å². The molecule has 0 radical (unpaired) electrons. The Labute approximate surface area is 191 Å². The number of rotatable bonds is 4. The molecule has 0 N–H and O–H groups in total. The molecular weight excluding hydrogens is 481 g/mol. The Hall–Kier alpha value is -3.41. The van der Waals surface area contributed by atoms with E-state index >= 15 is 0 Å². The Morgan fingerprint density at radius 1 is 1.03 bits per heavy atom. The van der Waals surface area contributed by atoms with Crippen molar-refractivity contribution in [3.63, 3.8) is 0 Å². The van der Waals surface area contributed by atoms with Gasteiger partial charge < -0.3 is 4.90 Å². The van der Waals surface area contributed by atoms with Gasteiger partial charge in [0.25, 0.3) is 5.91 Å². The summed E-state index contributed by atoms with van der Waals surface area (Å²) in [6, 6.07) is 4.85. The van der Waals surface area contributed by atoms with Crippen molar-refractivity contribution < 1.29 is 35.2 Å². The van der Waals surface area contributed by atoms with Gasteiger partial charge in [-0.15, -0.1) is 0 Å². The third-order valence-electron chi connectivity index (χ3n) is 5.41. The first-order valence-corrected chi connectivity index (χ1v) is 11.6. The molecule has 0 fully saturated rings.